The summed E-state index contributed by atoms with van der Waals surface area (Å²) < 4.78 is 11.4. The highest BCUT2D eigenvalue weighted by Gasteiger charge is 2.34. The van der Waals surface area contributed by atoms with E-state index in [2.05, 4.69) is 51.2 Å². The van der Waals surface area contributed by atoms with Crippen molar-refractivity contribution in [3.05, 3.63) is 58.7 Å². The second kappa shape index (κ2) is 7.63. The van der Waals surface area contributed by atoms with E-state index in [4.69, 9.17) is 9.47 Å². The van der Waals surface area contributed by atoms with Crippen LogP contribution in [0, 0.1) is 13.8 Å². The molecule has 0 radical (unpaired) electrons. The number of amides is 1. The molecule has 0 fully saturated rings. The number of ether oxygens (including phenoxy) is 2. The molecule has 2 aromatic rings. The minimum absolute atomic E-state index is 0.0599. The second-order valence-corrected chi connectivity index (χ2v) is 8.01. The number of aryl methyl sites for hydroxylation is 3. The zero-order chi connectivity index (χ0) is 19.6. The maximum atomic E-state index is 12.6. The summed E-state index contributed by atoms with van der Waals surface area (Å²) in [6.07, 6.45) is 1.94. The molecule has 3 rings (SSSR count). The Balaban J connectivity index is 1.70. The van der Waals surface area contributed by atoms with E-state index in [1.54, 1.807) is 7.11 Å². The predicted molar refractivity (Wildman–Crippen MR) is 107 cm³/mol. The summed E-state index contributed by atoms with van der Waals surface area (Å²) in [6.45, 7) is 8.31. The lowest BCUT2D eigenvalue weighted by molar-refractivity contribution is -0.122. The molecule has 1 N–H and O–H groups in total. The van der Waals surface area contributed by atoms with Gasteiger partial charge in [0.1, 0.15) is 17.1 Å². The van der Waals surface area contributed by atoms with Crippen molar-refractivity contribution >= 4 is 5.91 Å². The fourth-order valence-corrected chi connectivity index (χ4v) is 3.57. The lowest BCUT2D eigenvalue weighted by Gasteiger charge is -2.38. The number of fused-ring (bicyclic) bond motifs is 1. The van der Waals surface area contributed by atoms with Crippen molar-refractivity contribution in [2.24, 2.45) is 0 Å². The highest BCUT2D eigenvalue weighted by atomic mass is 16.5. The van der Waals surface area contributed by atoms with Gasteiger partial charge in [-0.25, -0.2) is 0 Å². The first-order chi connectivity index (χ1) is 12.8. The molecule has 4 heteroatoms. The molecule has 1 aliphatic rings. The molecule has 0 unspecified atom stereocenters. The highest BCUT2D eigenvalue weighted by molar-refractivity contribution is 5.77. The van der Waals surface area contributed by atoms with E-state index in [-0.39, 0.29) is 17.6 Å². The minimum atomic E-state index is -0.326. The van der Waals surface area contributed by atoms with Gasteiger partial charge in [-0.2, -0.15) is 0 Å². The topological polar surface area (TPSA) is 47.6 Å². The van der Waals surface area contributed by atoms with Crippen LogP contribution in [-0.2, 0) is 11.2 Å². The average Bonchev–Trinajstić information content (AvgIpc) is 2.61. The monoisotopic (exact) mass is 367 g/mol. The van der Waals surface area contributed by atoms with E-state index in [9.17, 15) is 4.79 Å². The number of hydrogen-bond acceptors (Lipinski definition) is 3. The first-order valence-electron chi connectivity index (χ1n) is 9.50. The average molecular weight is 367 g/mol. The van der Waals surface area contributed by atoms with Crippen molar-refractivity contribution in [3.8, 4) is 11.5 Å². The standard InChI is InChI=1S/C23H29NO3/c1-15-6-7-17(12-16(15)2)8-11-22(25)24-20-14-23(3,4)27-21-10-9-18(26-5)13-19(20)21/h6-7,9-10,12-13,20H,8,11,14H2,1-5H3,(H,24,25)/t20-/m1/s1. The summed E-state index contributed by atoms with van der Waals surface area (Å²) >= 11 is 0. The van der Waals surface area contributed by atoms with Gasteiger partial charge < -0.3 is 14.8 Å². The number of methoxy groups -OCH3 is 1. The van der Waals surface area contributed by atoms with Gasteiger partial charge in [0.05, 0.1) is 13.2 Å². The van der Waals surface area contributed by atoms with Gasteiger partial charge in [-0.1, -0.05) is 18.2 Å². The molecule has 0 aromatic heterocycles. The van der Waals surface area contributed by atoms with Gasteiger partial charge in [-0.3, -0.25) is 4.79 Å². The SMILES string of the molecule is COc1ccc2c(c1)[C@H](NC(=O)CCc1ccc(C)c(C)c1)CC(C)(C)O2. The first kappa shape index (κ1) is 19.3. The van der Waals surface area contributed by atoms with Crippen LogP contribution < -0.4 is 14.8 Å². The summed E-state index contributed by atoms with van der Waals surface area (Å²) in [5.41, 5.74) is 4.39. The zero-order valence-corrected chi connectivity index (χ0v) is 16.9. The largest absolute Gasteiger partial charge is 0.497 e. The van der Waals surface area contributed by atoms with Crippen LogP contribution in [0.5, 0.6) is 11.5 Å². The molecule has 1 atom stereocenters. The van der Waals surface area contributed by atoms with Gasteiger partial charge >= 0.3 is 0 Å². The molecule has 0 bridgehead atoms. The Morgan fingerprint density at radius 3 is 2.67 bits per heavy atom. The maximum Gasteiger partial charge on any atom is 0.220 e. The normalized spacial score (nSPS) is 17.6. The molecular formula is C23H29NO3. The van der Waals surface area contributed by atoms with Crippen LogP contribution in [0.25, 0.3) is 0 Å². The minimum Gasteiger partial charge on any atom is -0.497 e. The Bertz CT molecular complexity index is 842. The lowest BCUT2D eigenvalue weighted by Crippen LogP contribution is -2.41. The summed E-state index contributed by atoms with van der Waals surface area (Å²) in [4.78, 5) is 12.6. The fourth-order valence-electron chi connectivity index (χ4n) is 3.57. The Labute approximate surface area is 161 Å². The zero-order valence-electron chi connectivity index (χ0n) is 16.9. The molecule has 1 heterocycles. The van der Waals surface area contributed by atoms with Gasteiger partial charge in [-0.05, 0) is 69.0 Å². The third kappa shape index (κ3) is 4.62. The van der Waals surface area contributed by atoms with E-state index < -0.39 is 0 Å². The summed E-state index contributed by atoms with van der Waals surface area (Å²) in [5.74, 6) is 1.64. The molecule has 0 saturated carbocycles. The molecule has 4 nitrogen and oxygen atoms in total. The molecule has 0 spiro atoms. The highest BCUT2D eigenvalue weighted by Crippen LogP contribution is 2.41. The summed E-state index contributed by atoms with van der Waals surface area (Å²) in [6, 6.07) is 12.1. The number of benzene rings is 2. The molecular weight excluding hydrogens is 338 g/mol. The van der Waals surface area contributed by atoms with Crippen LogP contribution in [0.3, 0.4) is 0 Å². The van der Waals surface area contributed by atoms with Crippen LogP contribution in [0.1, 0.15) is 55.0 Å². The Kier molecular flexibility index (Phi) is 5.45. The Morgan fingerprint density at radius 1 is 1.19 bits per heavy atom. The van der Waals surface area contributed by atoms with Crippen LogP contribution in [0.15, 0.2) is 36.4 Å². The van der Waals surface area contributed by atoms with Gasteiger partial charge in [-0.15, -0.1) is 0 Å². The predicted octanol–water partition coefficient (Wildman–Crippen LogP) is 4.66. The molecule has 1 aliphatic heterocycles. The van der Waals surface area contributed by atoms with Gasteiger partial charge in [0.15, 0.2) is 0 Å². The summed E-state index contributed by atoms with van der Waals surface area (Å²) in [5, 5.41) is 3.20. The van der Waals surface area contributed by atoms with Crippen molar-refractivity contribution in [1.82, 2.24) is 5.32 Å². The van der Waals surface area contributed by atoms with Crippen molar-refractivity contribution in [1.29, 1.82) is 0 Å². The first-order valence-corrected chi connectivity index (χ1v) is 9.50. The molecule has 27 heavy (non-hydrogen) atoms. The van der Waals surface area contributed by atoms with Crippen molar-refractivity contribution in [2.45, 2.75) is 58.6 Å². The van der Waals surface area contributed by atoms with Crippen molar-refractivity contribution < 1.29 is 14.3 Å². The molecule has 0 aliphatic carbocycles. The molecule has 144 valence electrons. The number of hydrogen-bond donors (Lipinski definition) is 1. The molecule has 1 amide bonds. The van der Waals surface area contributed by atoms with E-state index in [0.29, 0.717) is 6.42 Å². The molecule has 2 aromatic carbocycles. The van der Waals surface area contributed by atoms with Crippen LogP contribution in [0.2, 0.25) is 0 Å². The van der Waals surface area contributed by atoms with Gasteiger partial charge in [0.25, 0.3) is 0 Å². The van der Waals surface area contributed by atoms with Crippen molar-refractivity contribution in [2.75, 3.05) is 7.11 Å². The van der Waals surface area contributed by atoms with Crippen LogP contribution in [-0.4, -0.2) is 18.6 Å². The fraction of sp³-hybridized carbons (Fsp3) is 0.435. The van der Waals surface area contributed by atoms with Crippen LogP contribution in [0.4, 0.5) is 0 Å². The van der Waals surface area contributed by atoms with E-state index in [0.717, 1.165) is 29.9 Å². The molecule has 0 saturated heterocycles. The number of carbonyl (C=O) groups is 1. The number of rotatable bonds is 5. The number of nitrogens with one attached hydrogen (secondary N) is 1. The lowest BCUT2D eigenvalue weighted by atomic mass is 9.89. The maximum absolute atomic E-state index is 12.6. The van der Waals surface area contributed by atoms with E-state index in [1.807, 2.05) is 18.2 Å². The smallest absolute Gasteiger partial charge is 0.220 e. The van der Waals surface area contributed by atoms with E-state index in [1.165, 1.54) is 16.7 Å². The van der Waals surface area contributed by atoms with Gasteiger partial charge in [0.2, 0.25) is 5.91 Å². The Morgan fingerprint density at radius 2 is 1.96 bits per heavy atom. The quantitative estimate of drug-likeness (QED) is 0.836. The Hall–Kier alpha value is -2.49. The van der Waals surface area contributed by atoms with Crippen LogP contribution >= 0.6 is 0 Å². The third-order valence-electron chi connectivity index (χ3n) is 5.22. The third-order valence-corrected chi connectivity index (χ3v) is 5.22. The van der Waals surface area contributed by atoms with Crippen molar-refractivity contribution in [3.63, 3.8) is 0 Å². The second-order valence-electron chi connectivity index (χ2n) is 8.01. The summed E-state index contributed by atoms with van der Waals surface area (Å²) in [7, 11) is 1.65. The van der Waals surface area contributed by atoms with E-state index >= 15 is 0 Å². The number of carbonyl (C=O) groups excluding carboxylic acids is 1. The van der Waals surface area contributed by atoms with Gasteiger partial charge in [0, 0.05) is 18.4 Å².